The van der Waals surface area contributed by atoms with Crippen LogP contribution in [0.25, 0.3) is 0 Å². The van der Waals surface area contributed by atoms with Gasteiger partial charge in [-0.3, -0.25) is 4.90 Å². The van der Waals surface area contributed by atoms with Crippen molar-refractivity contribution in [3.8, 4) is 0 Å². The van der Waals surface area contributed by atoms with E-state index in [9.17, 15) is 0 Å². The first-order valence-electron chi connectivity index (χ1n) is 7.80. The summed E-state index contributed by atoms with van der Waals surface area (Å²) in [6, 6.07) is 8.50. The van der Waals surface area contributed by atoms with Gasteiger partial charge in [0.05, 0.1) is 0 Å². The third-order valence-corrected chi connectivity index (χ3v) is 5.73. The van der Waals surface area contributed by atoms with Crippen LogP contribution in [0.4, 0.5) is 0 Å². The van der Waals surface area contributed by atoms with Crippen molar-refractivity contribution in [3.63, 3.8) is 0 Å². The second kappa shape index (κ2) is 4.32. The van der Waals surface area contributed by atoms with Gasteiger partial charge in [-0.2, -0.15) is 0 Å². The van der Waals surface area contributed by atoms with Gasteiger partial charge in [0, 0.05) is 18.6 Å². The zero-order valence-electron chi connectivity index (χ0n) is 12.0. The Labute approximate surface area is 116 Å². The molecule has 1 aliphatic carbocycles. The van der Waals surface area contributed by atoms with Gasteiger partial charge in [0.1, 0.15) is 0 Å². The lowest BCUT2D eigenvalue weighted by molar-refractivity contribution is 0.170. The predicted octanol–water partition coefficient (Wildman–Crippen LogP) is 2.52. The average molecular weight is 256 g/mol. The number of fused-ring (bicyclic) bond motifs is 2. The standard InChI is InChI=1S/C17H24N2/c1-11-3-4-13-5-6-17(15(13)7-11)19-10-14-8-18-9-16(14)12(19)2/h3-4,7,12,14,16-18H,5-6,8-10H2,1-2H3. The number of likely N-dealkylation sites (tertiary alicyclic amines) is 1. The van der Waals surface area contributed by atoms with Crippen LogP contribution >= 0.6 is 0 Å². The van der Waals surface area contributed by atoms with Gasteiger partial charge in [-0.05, 0) is 62.7 Å². The normalized spacial score (nSPS) is 37.6. The summed E-state index contributed by atoms with van der Waals surface area (Å²) in [6.45, 7) is 8.44. The van der Waals surface area contributed by atoms with Crippen molar-refractivity contribution >= 4 is 0 Å². The number of benzene rings is 1. The molecule has 0 radical (unpaired) electrons. The summed E-state index contributed by atoms with van der Waals surface area (Å²) < 4.78 is 0. The molecule has 0 aromatic heterocycles. The lowest BCUT2D eigenvalue weighted by atomic mass is 9.95. The molecule has 1 N–H and O–H groups in total. The lowest BCUT2D eigenvalue weighted by Gasteiger charge is -2.31. The molecule has 1 aromatic rings. The largest absolute Gasteiger partial charge is 0.316 e. The van der Waals surface area contributed by atoms with Crippen LogP contribution in [0.15, 0.2) is 18.2 Å². The minimum atomic E-state index is 0.690. The van der Waals surface area contributed by atoms with E-state index in [0.29, 0.717) is 6.04 Å². The summed E-state index contributed by atoms with van der Waals surface area (Å²) in [4.78, 5) is 2.81. The Morgan fingerprint density at radius 3 is 3.00 bits per heavy atom. The van der Waals surface area contributed by atoms with Gasteiger partial charge in [-0.1, -0.05) is 23.8 Å². The highest BCUT2D eigenvalue weighted by molar-refractivity contribution is 5.38. The summed E-state index contributed by atoms with van der Waals surface area (Å²) >= 11 is 0. The molecule has 2 fully saturated rings. The van der Waals surface area contributed by atoms with Crippen LogP contribution < -0.4 is 5.32 Å². The van der Waals surface area contributed by atoms with Crippen LogP contribution in [-0.4, -0.2) is 30.6 Å². The molecule has 0 saturated carbocycles. The van der Waals surface area contributed by atoms with Gasteiger partial charge in [-0.15, -0.1) is 0 Å². The number of aryl methyl sites for hydroxylation is 2. The number of hydrogen-bond donors (Lipinski definition) is 1. The number of rotatable bonds is 1. The Bertz CT molecular complexity index is 496. The topological polar surface area (TPSA) is 15.3 Å². The van der Waals surface area contributed by atoms with Gasteiger partial charge >= 0.3 is 0 Å². The van der Waals surface area contributed by atoms with E-state index in [2.05, 4.69) is 42.3 Å². The second-order valence-corrected chi connectivity index (χ2v) is 6.78. The molecule has 2 heterocycles. The number of hydrogen-bond acceptors (Lipinski definition) is 2. The molecule has 3 aliphatic rings. The van der Waals surface area contributed by atoms with Crippen molar-refractivity contribution in [1.82, 2.24) is 10.2 Å². The zero-order valence-corrected chi connectivity index (χ0v) is 12.0. The summed E-state index contributed by atoms with van der Waals surface area (Å²) in [5.41, 5.74) is 4.64. The summed E-state index contributed by atoms with van der Waals surface area (Å²) in [5.74, 6) is 1.78. The first kappa shape index (κ1) is 11.9. The first-order valence-corrected chi connectivity index (χ1v) is 7.80. The number of nitrogens with zero attached hydrogens (tertiary/aromatic N) is 1. The van der Waals surface area contributed by atoms with Crippen LogP contribution in [0, 0.1) is 18.8 Å². The Hall–Kier alpha value is -0.860. The summed E-state index contributed by atoms with van der Waals surface area (Å²) in [5, 5.41) is 3.57. The van der Waals surface area contributed by atoms with Gasteiger partial charge in [0.2, 0.25) is 0 Å². The molecule has 19 heavy (non-hydrogen) atoms. The third kappa shape index (κ3) is 1.77. The van der Waals surface area contributed by atoms with E-state index < -0.39 is 0 Å². The van der Waals surface area contributed by atoms with Crippen molar-refractivity contribution < 1.29 is 0 Å². The Balaban J connectivity index is 1.64. The summed E-state index contributed by atoms with van der Waals surface area (Å²) in [7, 11) is 0. The zero-order chi connectivity index (χ0) is 13.0. The molecule has 2 aliphatic heterocycles. The van der Waals surface area contributed by atoms with Crippen molar-refractivity contribution in [2.75, 3.05) is 19.6 Å². The van der Waals surface area contributed by atoms with E-state index >= 15 is 0 Å². The van der Waals surface area contributed by atoms with Gasteiger partial charge in [0.25, 0.3) is 0 Å². The third-order valence-electron chi connectivity index (χ3n) is 5.73. The van der Waals surface area contributed by atoms with E-state index in [1.54, 1.807) is 11.1 Å². The molecule has 4 unspecified atom stereocenters. The smallest absolute Gasteiger partial charge is 0.0357 e. The fraction of sp³-hybridized carbons (Fsp3) is 0.647. The quantitative estimate of drug-likeness (QED) is 0.830. The van der Waals surface area contributed by atoms with E-state index in [-0.39, 0.29) is 0 Å². The second-order valence-electron chi connectivity index (χ2n) is 6.78. The lowest BCUT2D eigenvalue weighted by Crippen LogP contribution is -2.35. The fourth-order valence-electron chi connectivity index (χ4n) is 4.66. The highest BCUT2D eigenvalue weighted by atomic mass is 15.2. The van der Waals surface area contributed by atoms with E-state index in [1.165, 1.54) is 38.0 Å². The molecule has 0 amide bonds. The van der Waals surface area contributed by atoms with Gasteiger partial charge in [-0.25, -0.2) is 0 Å². The van der Waals surface area contributed by atoms with E-state index in [1.807, 2.05) is 0 Å². The van der Waals surface area contributed by atoms with Gasteiger partial charge in [0.15, 0.2) is 0 Å². The molecule has 2 saturated heterocycles. The first-order chi connectivity index (χ1) is 9.24. The van der Waals surface area contributed by atoms with Crippen LogP contribution in [0.3, 0.4) is 0 Å². The van der Waals surface area contributed by atoms with E-state index in [0.717, 1.165) is 17.9 Å². The monoisotopic (exact) mass is 256 g/mol. The molecule has 1 aromatic carbocycles. The van der Waals surface area contributed by atoms with E-state index in [4.69, 9.17) is 0 Å². The minimum absolute atomic E-state index is 0.690. The van der Waals surface area contributed by atoms with Crippen LogP contribution in [0.2, 0.25) is 0 Å². The molecule has 102 valence electrons. The molecular weight excluding hydrogens is 232 g/mol. The molecule has 2 nitrogen and oxygen atoms in total. The predicted molar refractivity (Wildman–Crippen MR) is 78.3 cm³/mol. The molecule has 4 atom stereocenters. The Kier molecular flexibility index (Phi) is 2.71. The summed E-state index contributed by atoms with van der Waals surface area (Å²) in [6.07, 6.45) is 2.60. The van der Waals surface area contributed by atoms with Crippen LogP contribution in [0.5, 0.6) is 0 Å². The number of nitrogens with one attached hydrogen (secondary N) is 1. The highest BCUT2D eigenvalue weighted by Crippen LogP contribution is 2.43. The molecule has 4 rings (SSSR count). The highest BCUT2D eigenvalue weighted by Gasteiger charge is 2.45. The maximum atomic E-state index is 3.57. The maximum Gasteiger partial charge on any atom is 0.0357 e. The van der Waals surface area contributed by atoms with Crippen LogP contribution in [0.1, 0.15) is 36.1 Å². The average Bonchev–Trinajstić information content (AvgIpc) is 3.05. The SMILES string of the molecule is Cc1ccc2c(c1)C(N1CC3CNCC3C1C)CC2. The molecule has 0 bridgehead atoms. The van der Waals surface area contributed by atoms with Crippen molar-refractivity contribution in [1.29, 1.82) is 0 Å². The molecule has 2 heteroatoms. The van der Waals surface area contributed by atoms with Crippen LogP contribution in [-0.2, 0) is 6.42 Å². The molecule has 0 spiro atoms. The van der Waals surface area contributed by atoms with Gasteiger partial charge < -0.3 is 5.32 Å². The van der Waals surface area contributed by atoms with Crippen molar-refractivity contribution in [2.24, 2.45) is 11.8 Å². The fourth-order valence-corrected chi connectivity index (χ4v) is 4.66. The van der Waals surface area contributed by atoms with Crippen molar-refractivity contribution in [3.05, 3.63) is 34.9 Å². The molecular formula is C17H24N2. The minimum Gasteiger partial charge on any atom is -0.316 e. The maximum absolute atomic E-state index is 3.57. The Morgan fingerprint density at radius 2 is 2.16 bits per heavy atom. The van der Waals surface area contributed by atoms with Crippen molar-refractivity contribution in [2.45, 2.75) is 38.8 Å². The Morgan fingerprint density at radius 1 is 1.26 bits per heavy atom.